The maximum atomic E-state index is 12.8. The van der Waals surface area contributed by atoms with Gasteiger partial charge >= 0.3 is 6.18 Å². The predicted molar refractivity (Wildman–Crippen MR) is 81.2 cm³/mol. The number of halogens is 3. The highest BCUT2D eigenvalue weighted by Crippen LogP contribution is 2.33. The lowest BCUT2D eigenvalue weighted by atomic mass is 10.0. The quantitative estimate of drug-likeness (QED) is 0.849. The molecule has 1 aromatic rings. The smallest absolute Gasteiger partial charge is 0.371 e. The van der Waals surface area contributed by atoms with E-state index >= 15 is 0 Å². The maximum absolute atomic E-state index is 12.8. The summed E-state index contributed by atoms with van der Waals surface area (Å²) < 4.78 is 38.4. The zero-order valence-electron chi connectivity index (χ0n) is 13.2. The van der Waals surface area contributed by atoms with Crippen molar-refractivity contribution >= 4 is 5.69 Å². The van der Waals surface area contributed by atoms with Gasteiger partial charge in [-0.15, -0.1) is 0 Å². The molecule has 0 saturated carbocycles. The molecule has 0 aliphatic carbocycles. The fraction of sp³-hybridized carbons (Fsp3) is 0.625. The summed E-state index contributed by atoms with van der Waals surface area (Å²) in [7, 11) is 0. The molecule has 0 spiro atoms. The summed E-state index contributed by atoms with van der Waals surface area (Å²) in [5.41, 5.74) is 6.39. The summed E-state index contributed by atoms with van der Waals surface area (Å²) in [5, 5.41) is 0. The zero-order valence-corrected chi connectivity index (χ0v) is 13.2. The van der Waals surface area contributed by atoms with Crippen LogP contribution in [0.3, 0.4) is 0 Å². The first-order chi connectivity index (χ1) is 9.65. The average Bonchev–Trinajstić information content (AvgIpc) is 2.35. The second kappa shape index (κ2) is 7.16. The first-order valence-corrected chi connectivity index (χ1v) is 7.30. The number of nitrogens with two attached hydrogens (primary N) is 1. The molecule has 0 aromatic heterocycles. The minimum absolute atomic E-state index is 0.103. The predicted octanol–water partition coefficient (Wildman–Crippen LogP) is 4.28. The number of rotatable bonds is 6. The Hall–Kier alpha value is -1.23. The normalized spacial score (nSPS) is 12.3. The Morgan fingerprint density at radius 1 is 1.05 bits per heavy atom. The Labute approximate surface area is 125 Å². The summed E-state index contributed by atoms with van der Waals surface area (Å²) in [4.78, 5) is 2.14. The monoisotopic (exact) mass is 302 g/mol. The van der Waals surface area contributed by atoms with Crippen LogP contribution >= 0.6 is 0 Å². The van der Waals surface area contributed by atoms with E-state index in [9.17, 15) is 13.2 Å². The van der Waals surface area contributed by atoms with Crippen molar-refractivity contribution in [2.45, 2.75) is 40.4 Å². The molecule has 0 bridgehead atoms. The van der Waals surface area contributed by atoms with Crippen LogP contribution in [0.1, 0.15) is 38.8 Å². The lowest BCUT2D eigenvalue weighted by Gasteiger charge is -2.30. The number of hydrogen-bond donors (Lipinski definition) is 1. The van der Waals surface area contributed by atoms with Crippen LogP contribution in [0.15, 0.2) is 18.2 Å². The Morgan fingerprint density at radius 3 is 1.95 bits per heavy atom. The Balaban J connectivity index is 3.18. The SMILES string of the molecule is CC(C)CN(CC(C)C)c1ccc(C(F)(F)F)cc1CN. The van der Waals surface area contributed by atoms with Gasteiger partial charge in [-0.1, -0.05) is 27.7 Å². The van der Waals surface area contributed by atoms with Gasteiger partial charge in [0.25, 0.3) is 0 Å². The summed E-state index contributed by atoms with van der Waals surface area (Å²) in [5.74, 6) is 0.855. The highest BCUT2D eigenvalue weighted by molar-refractivity contribution is 5.55. The van der Waals surface area contributed by atoms with E-state index in [1.807, 2.05) is 0 Å². The summed E-state index contributed by atoms with van der Waals surface area (Å²) >= 11 is 0. The molecule has 120 valence electrons. The molecule has 2 N–H and O–H groups in total. The van der Waals surface area contributed by atoms with Crippen LogP contribution < -0.4 is 10.6 Å². The Bertz CT molecular complexity index is 443. The van der Waals surface area contributed by atoms with Gasteiger partial charge in [0, 0.05) is 25.3 Å². The van der Waals surface area contributed by atoms with E-state index in [1.54, 1.807) is 6.07 Å². The minimum Gasteiger partial charge on any atom is -0.371 e. The fourth-order valence-electron chi connectivity index (χ4n) is 2.39. The first-order valence-electron chi connectivity index (χ1n) is 7.30. The van der Waals surface area contributed by atoms with Crippen molar-refractivity contribution in [2.24, 2.45) is 17.6 Å². The minimum atomic E-state index is -4.33. The third-order valence-electron chi connectivity index (χ3n) is 3.14. The number of anilines is 1. The molecule has 0 amide bonds. The largest absolute Gasteiger partial charge is 0.416 e. The van der Waals surface area contributed by atoms with Crippen molar-refractivity contribution < 1.29 is 13.2 Å². The molecule has 1 rings (SSSR count). The molecule has 0 aliphatic rings. The van der Waals surface area contributed by atoms with Crippen molar-refractivity contribution in [1.82, 2.24) is 0 Å². The van der Waals surface area contributed by atoms with Crippen molar-refractivity contribution in [1.29, 1.82) is 0 Å². The van der Waals surface area contributed by atoms with Crippen LogP contribution in [-0.4, -0.2) is 13.1 Å². The molecule has 0 fully saturated rings. The van der Waals surface area contributed by atoms with Crippen molar-refractivity contribution in [2.75, 3.05) is 18.0 Å². The zero-order chi connectivity index (χ0) is 16.2. The van der Waals surface area contributed by atoms with Gasteiger partial charge in [-0.2, -0.15) is 13.2 Å². The van der Waals surface area contributed by atoms with Crippen LogP contribution in [0.2, 0.25) is 0 Å². The van der Waals surface area contributed by atoms with Crippen LogP contribution in [0.4, 0.5) is 18.9 Å². The number of alkyl halides is 3. The third kappa shape index (κ3) is 5.23. The lowest BCUT2D eigenvalue weighted by Crippen LogP contribution is -2.32. The van der Waals surface area contributed by atoms with Crippen molar-refractivity contribution in [3.05, 3.63) is 29.3 Å². The molecular weight excluding hydrogens is 277 g/mol. The van der Waals surface area contributed by atoms with Gasteiger partial charge in [0.05, 0.1) is 5.56 Å². The molecule has 0 atom stereocenters. The van der Waals surface area contributed by atoms with Crippen LogP contribution in [-0.2, 0) is 12.7 Å². The lowest BCUT2D eigenvalue weighted by molar-refractivity contribution is -0.137. The van der Waals surface area contributed by atoms with E-state index < -0.39 is 11.7 Å². The van der Waals surface area contributed by atoms with Gasteiger partial charge in [-0.05, 0) is 35.6 Å². The molecule has 0 saturated heterocycles. The summed E-state index contributed by atoms with van der Waals surface area (Å²) in [6.45, 7) is 10.1. The topological polar surface area (TPSA) is 29.3 Å². The van der Waals surface area contributed by atoms with E-state index in [1.165, 1.54) is 6.07 Å². The number of benzene rings is 1. The van der Waals surface area contributed by atoms with Gasteiger partial charge in [0.2, 0.25) is 0 Å². The highest BCUT2D eigenvalue weighted by Gasteiger charge is 2.31. The molecule has 0 radical (unpaired) electrons. The standard InChI is InChI=1S/C16H25F3N2/c1-11(2)9-21(10-12(3)4)15-6-5-14(16(17,18)19)7-13(15)8-20/h5-7,11-12H,8-10,20H2,1-4H3. The highest BCUT2D eigenvalue weighted by atomic mass is 19.4. The summed E-state index contributed by atoms with van der Waals surface area (Å²) in [6, 6.07) is 3.86. The van der Waals surface area contributed by atoms with Crippen molar-refractivity contribution in [3.8, 4) is 0 Å². The Morgan fingerprint density at radius 2 is 1.57 bits per heavy atom. The van der Waals surface area contributed by atoms with Gasteiger partial charge in [-0.25, -0.2) is 0 Å². The molecule has 0 aliphatic heterocycles. The van der Waals surface area contributed by atoms with E-state index in [4.69, 9.17) is 5.73 Å². The van der Waals surface area contributed by atoms with E-state index in [0.29, 0.717) is 17.4 Å². The van der Waals surface area contributed by atoms with Crippen LogP contribution in [0.5, 0.6) is 0 Å². The number of nitrogens with zero attached hydrogens (tertiary/aromatic N) is 1. The van der Waals surface area contributed by atoms with Gasteiger partial charge < -0.3 is 10.6 Å². The van der Waals surface area contributed by atoms with E-state index in [-0.39, 0.29) is 6.54 Å². The second-order valence-corrected chi connectivity index (χ2v) is 6.24. The van der Waals surface area contributed by atoms with Gasteiger partial charge in [0.15, 0.2) is 0 Å². The molecule has 2 nitrogen and oxygen atoms in total. The second-order valence-electron chi connectivity index (χ2n) is 6.24. The molecule has 1 aromatic carbocycles. The Kier molecular flexibility index (Phi) is 6.08. The number of hydrogen-bond acceptors (Lipinski definition) is 2. The molecule has 5 heteroatoms. The summed E-state index contributed by atoms with van der Waals surface area (Å²) in [6.07, 6.45) is -4.33. The molecule has 0 heterocycles. The van der Waals surface area contributed by atoms with Gasteiger partial charge in [-0.3, -0.25) is 0 Å². The van der Waals surface area contributed by atoms with Crippen LogP contribution in [0, 0.1) is 11.8 Å². The van der Waals surface area contributed by atoms with E-state index in [0.717, 1.165) is 24.8 Å². The maximum Gasteiger partial charge on any atom is 0.416 e. The first kappa shape index (κ1) is 17.8. The third-order valence-corrected chi connectivity index (χ3v) is 3.14. The van der Waals surface area contributed by atoms with E-state index in [2.05, 4.69) is 32.6 Å². The molecule has 21 heavy (non-hydrogen) atoms. The molecular formula is C16H25F3N2. The van der Waals surface area contributed by atoms with Gasteiger partial charge in [0.1, 0.15) is 0 Å². The van der Waals surface area contributed by atoms with Crippen LogP contribution in [0.25, 0.3) is 0 Å². The average molecular weight is 302 g/mol. The van der Waals surface area contributed by atoms with Crippen molar-refractivity contribution in [3.63, 3.8) is 0 Å². The molecule has 0 unspecified atom stereocenters. The fourth-order valence-corrected chi connectivity index (χ4v) is 2.39.